The summed E-state index contributed by atoms with van der Waals surface area (Å²) in [6.45, 7) is 1.89. The van der Waals surface area contributed by atoms with Gasteiger partial charge in [-0.1, -0.05) is 12.0 Å². The van der Waals surface area contributed by atoms with Gasteiger partial charge in [0.2, 0.25) is 6.29 Å². The zero-order valence-electron chi connectivity index (χ0n) is 13.8. The number of carbonyl (C=O) groups excluding carboxylic acids is 1. The first-order valence-corrected chi connectivity index (χ1v) is 7.93. The highest BCUT2D eigenvalue weighted by Crippen LogP contribution is 2.40. The molecule has 0 bridgehead atoms. The Balaban J connectivity index is 2.10. The van der Waals surface area contributed by atoms with Crippen molar-refractivity contribution in [2.75, 3.05) is 13.7 Å². The molecule has 0 aliphatic carbocycles. The minimum atomic E-state index is -1.20. The van der Waals surface area contributed by atoms with E-state index in [1.165, 1.54) is 19.6 Å². The summed E-state index contributed by atoms with van der Waals surface area (Å²) in [7, 11) is 1.31. The molecule has 9 heteroatoms. The van der Waals surface area contributed by atoms with E-state index in [1.807, 2.05) is 6.92 Å². The van der Waals surface area contributed by atoms with E-state index in [2.05, 4.69) is 10.0 Å². The third kappa shape index (κ3) is 4.11. The Morgan fingerprint density at radius 3 is 2.83 bits per heavy atom. The van der Waals surface area contributed by atoms with Crippen molar-refractivity contribution >= 4 is 5.97 Å². The second kappa shape index (κ2) is 8.23. The van der Waals surface area contributed by atoms with Gasteiger partial charge in [-0.2, -0.15) is 0 Å². The van der Waals surface area contributed by atoms with Gasteiger partial charge in [0.25, 0.3) is 0 Å². The number of rotatable bonds is 7. The first-order chi connectivity index (χ1) is 11.5. The van der Waals surface area contributed by atoms with Crippen LogP contribution in [0.15, 0.2) is 17.6 Å². The SMILES string of the molecule is COC(=O)[C@]1(CC2OC=CO2)OC(C[C@H](O)CN=[N+]=[N-])CC[C@@H]1C. The lowest BCUT2D eigenvalue weighted by Crippen LogP contribution is -2.55. The molecule has 24 heavy (non-hydrogen) atoms. The van der Waals surface area contributed by atoms with Crippen molar-refractivity contribution in [3.8, 4) is 0 Å². The van der Waals surface area contributed by atoms with Gasteiger partial charge in [-0.25, -0.2) is 4.79 Å². The molecule has 0 spiro atoms. The number of carbonyl (C=O) groups is 1. The van der Waals surface area contributed by atoms with Gasteiger partial charge in [-0.15, -0.1) is 0 Å². The predicted molar refractivity (Wildman–Crippen MR) is 82.4 cm³/mol. The number of nitrogens with zero attached hydrogens (tertiary/aromatic N) is 3. The maximum atomic E-state index is 12.5. The molecule has 2 heterocycles. The molecule has 0 aromatic rings. The van der Waals surface area contributed by atoms with E-state index in [9.17, 15) is 9.90 Å². The van der Waals surface area contributed by atoms with Crippen molar-refractivity contribution in [2.45, 2.75) is 56.7 Å². The fraction of sp³-hybridized carbons (Fsp3) is 0.800. The molecule has 134 valence electrons. The maximum Gasteiger partial charge on any atom is 0.338 e. The molecule has 2 aliphatic heterocycles. The molecule has 0 aromatic carbocycles. The quantitative estimate of drug-likeness (QED) is 0.327. The molecule has 9 nitrogen and oxygen atoms in total. The molecule has 0 radical (unpaired) electrons. The van der Waals surface area contributed by atoms with Gasteiger partial charge in [-0.3, -0.25) is 0 Å². The van der Waals surface area contributed by atoms with E-state index in [-0.39, 0.29) is 31.4 Å². The molecule has 1 saturated heterocycles. The molecule has 2 aliphatic rings. The van der Waals surface area contributed by atoms with Crippen LogP contribution in [0, 0.1) is 5.92 Å². The fourth-order valence-corrected chi connectivity index (χ4v) is 3.19. The minimum absolute atomic E-state index is 0.0318. The molecule has 2 rings (SSSR count). The van der Waals surface area contributed by atoms with Crippen molar-refractivity contribution in [1.29, 1.82) is 0 Å². The molecule has 1 N–H and O–H groups in total. The van der Waals surface area contributed by atoms with Crippen LogP contribution in [0.3, 0.4) is 0 Å². The molecule has 0 saturated carbocycles. The van der Waals surface area contributed by atoms with Crippen molar-refractivity contribution < 1.29 is 28.8 Å². The second-order valence-corrected chi connectivity index (χ2v) is 6.08. The zero-order chi connectivity index (χ0) is 17.6. The van der Waals surface area contributed by atoms with E-state index < -0.39 is 24.0 Å². The van der Waals surface area contributed by atoms with E-state index >= 15 is 0 Å². The molecular formula is C15H23N3O6. The lowest BCUT2D eigenvalue weighted by molar-refractivity contribution is -0.218. The molecule has 0 amide bonds. The monoisotopic (exact) mass is 341 g/mol. The summed E-state index contributed by atoms with van der Waals surface area (Å²) < 4.78 is 21.7. The smallest absolute Gasteiger partial charge is 0.338 e. The van der Waals surface area contributed by atoms with Crippen LogP contribution in [0.4, 0.5) is 0 Å². The average Bonchev–Trinajstić information content (AvgIpc) is 3.08. The Morgan fingerprint density at radius 2 is 2.21 bits per heavy atom. The maximum absolute atomic E-state index is 12.5. The van der Waals surface area contributed by atoms with Crippen LogP contribution in [0.5, 0.6) is 0 Å². The Hall–Kier alpha value is -1.96. The number of azide groups is 1. The van der Waals surface area contributed by atoms with Crippen LogP contribution in [-0.2, 0) is 23.7 Å². The van der Waals surface area contributed by atoms with Gasteiger partial charge in [0.15, 0.2) is 5.60 Å². The molecule has 4 atom stereocenters. The summed E-state index contributed by atoms with van der Waals surface area (Å²) >= 11 is 0. The number of ether oxygens (including phenoxy) is 4. The minimum Gasteiger partial charge on any atom is -0.467 e. The van der Waals surface area contributed by atoms with E-state index in [0.29, 0.717) is 6.42 Å². The first kappa shape index (κ1) is 18.4. The van der Waals surface area contributed by atoms with Crippen LogP contribution >= 0.6 is 0 Å². The largest absolute Gasteiger partial charge is 0.467 e. The second-order valence-electron chi connectivity index (χ2n) is 6.08. The lowest BCUT2D eigenvalue weighted by atomic mass is 9.78. The number of aliphatic hydroxyl groups is 1. The van der Waals surface area contributed by atoms with Crippen LogP contribution in [-0.4, -0.2) is 48.8 Å². The topological polar surface area (TPSA) is 123 Å². The highest BCUT2D eigenvalue weighted by molar-refractivity contribution is 5.80. The average molecular weight is 341 g/mol. The highest BCUT2D eigenvalue weighted by Gasteiger charge is 2.52. The van der Waals surface area contributed by atoms with Crippen LogP contribution < -0.4 is 0 Å². The number of hydrogen-bond donors (Lipinski definition) is 1. The highest BCUT2D eigenvalue weighted by atomic mass is 16.7. The first-order valence-electron chi connectivity index (χ1n) is 7.93. The summed E-state index contributed by atoms with van der Waals surface area (Å²) in [5.41, 5.74) is 7.12. The zero-order valence-corrected chi connectivity index (χ0v) is 13.8. The molecule has 1 fully saturated rings. The van der Waals surface area contributed by atoms with Gasteiger partial charge >= 0.3 is 5.97 Å². The summed E-state index contributed by atoms with van der Waals surface area (Å²) in [5.74, 6) is -0.577. The van der Waals surface area contributed by atoms with Crippen LogP contribution in [0.2, 0.25) is 0 Å². The van der Waals surface area contributed by atoms with Crippen molar-refractivity contribution in [2.24, 2.45) is 11.0 Å². The summed E-state index contributed by atoms with van der Waals surface area (Å²) in [6.07, 6.45) is 2.94. The molecule has 1 unspecified atom stereocenters. The summed E-state index contributed by atoms with van der Waals surface area (Å²) in [6, 6.07) is 0. The lowest BCUT2D eigenvalue weighted by Gasteiger charge is -2.44. The standard InChI is InChI=1S/C15H23N3O6/c1-10-3-4-12(7-11(19)9-17-18-16)24-15(10,14(20)21-2)8-13-22-5-6-23-13/h5-6,10-13,19H,3-4,7-9H2,1-2H3/t10-,11-,12?,15+/m0/s1. The van der Waals surface area contributed by atoms with E-state index in [1.54, 1.807) is 0 Å². The van der Waals surface area contributed by atoms with Gasteiger partial charge in [0.1, 0.15) is 12.5 Å². The summed E-state index contributed by atoms with van der Waals surface area (Å²) in [5, 5.41) is 13.3. The molecule has 0 aromatic heterocycles. The van der Waals surface area contributed by atoms with Crippen molar-refractivity contribution in [1.82, 2.24) is 0 Å². The van der Waals surface area contributed by atoms with Crippen LogP contribution in [0.25, 0.3) is 10.4 Å². The predicted octanol–water partition coefficient (Wildman–Crippen LogP) is 2.01. The number of hydrogen-bond acceptors (Lipinski definition) is 7. The Bertz CT molecular complexity index is 513. The number of methoxy groups -OCH3 is 1. The fourth-order valence-electron chi connectivity index (χ4n) is 3.19. The van der Waals surface area contributed by atoms with Gasteiger partial charge in [0, 0.05) is 4.91 Å². The third-order valence-electron chi connectivity index (χ3n) is 4.50. The number of aliphatic hydroxyl groups excluding tert-OH is 1. The normalized spacial score (nSPS) is 30.8. The van der Waals surface area contributed by atoms with E-state index in [0.717, 1.165) is 6.42 Å². The van der Waals surface area contributed by atoms with Gasteiger partial charge < -0.3 is 24.1 Å². The number of esters is 1. The Labute approximate surface area is 140 Å². The van der Waals surface area contributed by atoms with Crippen molar-refractivity contribution in [3.63, 3.8) is 0 Å². The molecular weight excluding hydrogens is 318 g/mol. The van der Waals surface area contributed by atoms with Crippen molar-refractivity contribution in [3.05, 3.63) is 23.0 Å². The summed E-state index contributed by atoms with van der Waals surface area (Å²) in [4.78, 5) is 15.1. The Morgan fingerprint density at radius 1 is 1.50 bits per heavy atom. The third-order valence-corrected chi connectivity index (χ3v) is 4.50. The van der Waals surface area contributed by atoms with E-state index in [4.69, 9.17) is 24.5 Å². The van der Waals surface area contributed by atoms with Crippen LogP contribution in [0.1, 0.15) is 32.6 Å². The Kier molecular flexibility index (Phi) is 6.30. The van der Waals surface area contributed by atoms with Gasteiger partial charge in [-0.05, 0) is 30.7 Å². The van der Waals surface area contributed by atoms with Gasteiger partial charge in [0.05, 0.1) is 32.3 Å².